The molecule has 0 unspecified atom stereocenters. The Morgan fingerprint density at radius 2 is 1.33 bits per heavy atom. The number of anilines is 2. The molecule has 1 aromatic carbocycles. The first-order valence-electron chi connectivity index (χ1n) is 6.47. The average Bonchev–Trinajstić information content (AvgIpc) is 2.28. The molecule has 0 aliphatic carbocycles. The van der Waals surface area contributed by atoms with E-state index in [4.69, 9.17) is 0 Å². The molecule has 0 spiro atoms. The second-order valence-electron chi connectivity index (χ2n) is 5.37. The van der Waals surface area contributed by atoms with Crippen LogP contribution < -0.4 is 10.6 Å². The van der Waals surface area contributed by atoms with Crippen LogP contribution in [0.25, 0.3) is 0 Å². The van der Waals surface area contributed by atoms with Crippen molar-refractivity contribution in [3.8, 4) is 0 Å². The molecule has 2 N–H and O–H groups in total. The van der Waals surface area contributed by atoms with E-state index in [2.05, 4.69) is 61.9 Å². The molecule has 1 aromatic rings. The minimum absolute atomic E-state index is 0.383. The third kappa shape index (κ3) is 2.95. The van der Waals surface area contributed by atoms with Crippen LogP contribution in [-0.4, -0.2) is 12.1 Å². The van der Waals surface area contributed by atoms with Gasteiger partial charge in [-0.05, 0) is 38.8 Å². The maximum Gasteiger partial charge on any atom is 0.0579 e. The summed E-state index contributed by atoms with van der Waals surface area (Å²) in [5, 5.41) is 7.24. The topological polar surface area (TPSA) is 24.1 Å². The van der Waals surface area contributed by atoms with Crippen molar-refractivity contribution in [3.63, 3.8) is 0 Å². The molecule has 2 rings (SSSR count). The molecule has 1 aliphatic heterocycles. The van der Waals surface area contributed by atoms with Crippen molar-refractivity contribution < 1.29 is 0 Å². The molecule has 0 fully saturated rings. The lowest BCUT2D eigenvalue weighted by Gasteiger charge is -2.36. The van der Waals surface area contributed by atoms with Crippen LogP contribution in [0.4, 0.5) is 11.4 Å². The van der Waals surface area contributed by atoms with Crippen LogP contribution in [0.3, 0.4) is 0 Å². The second-order valence-corrected chi connectivity index (χ2v) is 5.37. The first-order valence-corrected chi connectivity index (χ1v) is 6.47. The first kappa shape index (κ1) is 12.7. The fraction of sp³-hybridized carbons (Fsp3) is 0.375. The van der Waals surface area contributed by atoms with Gasteiger partial charge >= 0.3 is 0 Å². The minimum atomic E-state index is 0.383. The van der Waals surface area contributed by atoms with Crippen LogP contribution in [0, 0.1) is 0 Å². The number of benzene rings is 1. The zero-order chi connectivity index (χ0) is 13.1. The summed E-state index contributed by atoms with van der Waals surface area (Å²) in [7, 11) is 0. The minimum Gasteiger partial charge on any atom is -0.378 e. The summed E-state index contributed by atoms with van der Waals surface area (Å²) in [6, 6.07) is 9.12. The normalized spacial score (nSPS) is 21.4. The van der Waals surface area contributed by atoms with E-state index in [1.165, 1.54) is 22.5 Å². The Balaban J connectivity index is 2.21. The molecule has 0 saturated carbocycles. The van der Waals surface area contributed by atoms with E-state index in [0.717, 1.165) is 12.8 Å². The van der Waals surface area contributed by atoms with Crippen molar-refractivity contribution in [3.05, 3.63) is 48.6 Å². The lowest BCUT2D eigenvalue weighted by atomic mass is 9.93. The maximum absolute atomic E-state index is 4.03. The van der Waals surface area contributed by atoms with Gasteiger partial charge in [0.15, 0.2) is 0 Å². The third-order valence-electron chi connectivity index (χ3n) is 3.23. The molecule has 0 amide bonds. The lowest BCUT2D eigenvalue weighted by molar-refractivity contribution is 0.568. The molecule has 2 nitrogen and oxygen atoms in total. The summed E-state index contributed by atoms with van der Waals surface area (Å²) < 4.78 is 0. The van der Waals surface area contributed by atoms with Crippen LogP contribution >= 0.6 is 0 Å². The molecule has 2 heteroatoms. The predicted molar refractivity (Wildman–Crippen MR) is 80.1 cm³/mol. The zero-order valence-corrected chi connectivity index (χ0v) is 11.3. The fourth-order valence-electron chi connectivity index (χ4n) is 2.47. The molecule has 18 heavy (non-hydrogen) atoms. The molecule has 1 aliphatic rings. The summed E-state index contributed by atoms with van der Waals surface area (Å²) in [5.74, 6) is 0. The fourth-order valence-corrected chi connectivity index (χ4v) is 2.47. The lowest BCUT2D eigenvalue weighted by Crippen LogP contribution is -2.43. The molecule has 2 atom stereocenters. The van der Waals surface area contributed by atoms with E-state index >= 15 is 0 Å². The average molecular weight is 242 g/mol. The van der Waals surface area contributed by atoms with Crippen molar-refractivity contribution in [2.24, 2.45) is 0 Å². The molecule has 0 radical (unpaired) electrons. The van der Waals surface area contributed by atoms with Gasteiger partial charge in [-0.1, -0.05) is 23.3 Å². The van der Waals surface area contributed by atoms with Crippen molar-refractivity contribution in [1.82, 2.24) is 0 Å². The van der Waals surface area contributed by atoms with Crippen molar-refractivity contribution in [1.29, 1.82) is 0 Å². The molecule has 1 heterocycles. The van der Waals surface area contributed by atoms with Gasteiger partial charge < -0.3 is 10.6 Å². The van der Waals surface area contributed by atoms with Gasteiger partial charge in [0, 0.05) is 0 Å². The Morgan fingerprint density at radius 1 is 0.944 bits per heavy atom. The zero-order valence-electron chi connectivity index (χ0n) is 11.3. The predicted octanol–water partition coefficient (Wildman–Crippen LogP) is 4.19. The quantitative estimate of drug-likeness (QED) is 0.773. The van der Waals surface area contributed by atoms with Crippen LogP contribution in [0.15, 0.2) is 48.6 Å². The van der Waals surface area contributed by atoms with Crippen molar-refractivity contribution in [2.75, 3.05) is 10.6 Å². The van der Waals surface area contributed by atoms with Gasteiger partial charge in [-0.15, -0.1) is 13.2 Å². The Labute approximate surface area is 110 Å². The van der Waals surface area contributed by atoms with Crippen molar-refractivity contribution in [2.45, 2.75) is 38.8 Å². The summed E-state index contributed by atoms with van der Waals surface area (Å²) in [4.78, 5) is 0. The second kappa shape index (κ2) is 5.30. The SMILES string of the molecule is C=C(C)C[C@@H]1Nc2ccccc2N[C@H]1CC(=C)C. The van der Waals surface area contributed by atoms with E-state index in [1.807, 2.05) is 0 Å². The van der Waals surface area contributed by atoms with Crippen LogP contribution in [0.1, 0.15) is 26.7 Å². The molecular formula is C16H22N2. The smallest absolute Gasteiger partial charge is 0.0579 e. The van der Waals surface area contributed by atoms with Crippen LogP contribution in [0.5, 0.6) is 0 Å². The van der Waals surface area contributed by atoms with E-state index in [1.54, 1.807) is 0 Å². The van der Waals surface area contributed by atoms with Gasteiger partial charge in [0.05, 0.1) is 23.5 Å². The summed E-state index contributed by atoms with van der Waals surface area (Å²) in [5.41, 5.74) is 4.78. The number of fused-ring (bicyclic) bond motifs is 1. The first-order chi connectivity index (χ1) is 8.56. The Bertz CT molecular complexity index is 419. The molecule has 0 bridgehead atoms. The van der Waals surface area contributed by atoms with Crippen LogP contribution in [0.2, 0.25) is 0 Å². The van der Waals surface area contributed by atoms with Gasteiger partial charge in [-0.2, -0.15) is 0 Å². The van der Waals surface area contributed by atoms with E-state index in [-0.39, 0.29) is 0 Å². The van der Waals surface area contributed by atoms with Gasteiger partial charge in [0.1, 0.15) is 0 Å². The maximum atomic E-state index is 4.03. The highest BCUT2D eigenvalue weighted by Crippen LogP contribution is 2.31. The van der Waals surface area contributed by atoms with Crippen molar-refractivity contribution >= 4 is 11.4 Å². The van der Waals surface area contributed by atoms with E-state index < -0.39 is 0 Å². The molecule has 96 valence electrons. The Kier molecular flexibility index (Phi) is 3.75. The highest BCUT2D eigenvalue weighted by molar-refractivity contribution is 5.72. The number of hydrogen-bond acceptors (Lipinski definition) is 2. The van der Waals surface area contributed by atoms with Gasteiger partial charge in [0.25, 0.3) is 0 Å². The number of nitrogens with one attached hydrogen (secondary N) is 2. The monoisotopic (exact) mass is 242 g/mol. The van der Waals surface area contributed by atoms with E-state index in [0.29, 0.717) is 12.1 Å². The number of para-hydroxylation sites is 2. The summed E-state index contributed by atoms with van der Waals surface area (Å²) >= 11 is 0. The highest BCUT2D eigenvalue weighted by atomic mass is 15.1. The third-order valence-corrected chi connectivity index (χ3v) is 3.23. The Morgan fingerprint density at radius 3 is 1.67 bits per heavy atom. The standard InChI is InChI=1S/C16H22N2/c1-11(2)9-15-16(10-12(3)4)18-14-8-6-5-7-13(14)17-15/h5-8,15-18H,1,3,9-10H2,2,4H3/t15-,16-/m0/s1. The highest BCUT2D eigenvalue weighted by Gasteiger charge is 2.26. The van der Waals surface area contributed by atoms with E-state index in [9.17, 15) is 0 Å². The molecule has 0 aromatic heterocycles. The van der Waals surface area contributed by atoms with Gasteiger partial charge in [-0.3, -0.25) is 0 Å². The van der Waals surface area contributed by atoms with Gasteiger partial charge in [0.2, 0.25) is 0 Å². The molecule has 0 saturated heterocycles. The number of hydrogen-bond donors (Lipinski definition) is 2. The Hall–Kier alpha value is -1.70. The van der Waals surface area contributed by atoms with Gasteiger partial charge in [-0.25, -0.2) is 0 Å². The largest absolute Gasteiger partial charge is 0.378 e. The number of rotatable bonds is 4. The van der Waals surface area contributed by atoms with Crippen LogP contribution in [-0.2, 0) is 0 Å². The molecular weight excluding hydrogens is 220 g/mol. The summed E-state index contributed by atoms with van der Waals surface area (Å²) in [6.07, 6.45) is 1.97. The summed E-state index contributed by atoms with van der Waals surface area (Å²) in [6.45, 7) is 12.2.